The number of benzene rings is 1. The van der Waals surface area contributed by atoms with Gasteiger partial charge in [0.25, 0.3) is 0 Å². The van der Waals surface area contributed by atoms with Crippen LogP contribution >= 0.6 is 0 Å². The Morgan fingerprint density at radius 3 is 2.61 bits per heavy atom. The van der Waals surface area contributed by atoms with E-state index in [2.05, 4.69) is 5.32 Å². The molecule has 0 bridgehead atoms. The Labute approximate surface area is 138 Å². The van der Waals surface area contributed by atoms with Crippen molar-refractivity contribution in [3.63, 3.8) is 0 Å². The molecule has 0 radical (unpaired) electrons. The maximum atomic E-state index is 12.0. The smallest absolute Gasteiger partial charge is 0.223 e. The van der Waals surface area contributed by atoms with Crippen LogP contribution in [0.1, 0.15) is 37.3 Å². The molecule has 0 aromatic heterocycles. The molecule has 23 heavy (non-hydrogen) atoms. The number of piperidine rings is 1. The van der Waals surface area contributed by atoms with Gasteiger partial charge < -0.3 is 15.0 Å². The number of hydrogen-bond donors (Lipinski definition) is 1. The van der Waals surface area contributed by atoms with Gasteiger partial charge in [-0.15, -0.1) is 0 Å². The topological polar surface area (TPSA) is 58.6 Å². The summed E-state index contributed by atoms with van der Waals surface area (Å²) < 4.78 is 5.71. The molecular formula is C18H26N2O3. The lowest BCUT2D eigenvalue weighted by molar-refractivity contribution is -0.130. The van der Waals surface area contributed by atoms with E-state index in [4.69, 9.17) is 4.74 Å². The zero-order valence-electron chi connectivity index (χ0n) is 14.2. The number of ether oxygens (including phenoxy) is 1. The van der Waals surface area contributed by atoms with Crippen LogP contribution in [0.5, 0.6) is 5.75 Å². The number of carbonyl (C=O) groups excluding carboxylic acids is 2. The van der Waals surface area contributed by atoms with Crippen LogP contribution in [-0.4, -0.2) is 42.5 Å². The van der Waals surface area contributed by atoms with Crippen LogP contribution in [0.3, 0.4) is 0 Å². The van der Waals surface area contributed by atoms with E-state index in [1.807, 2.05) is 36.9 Å². The van der Waals surface area contributed by atoms with Crippen LogP contribution in [0.4, 0.5) is 0 Å². The Kier molecular flexibility index (Phi) is 6.02. The summed E-state index contributed by atoms with van der Waals surface area (Å²) in [7, 11) is 0. The highest BCUT2D eigenvalue weighted by Gasteiger charge is 2.21. The summed E-state index contributed by atoms with van der Waals surface area (Å²) in [6, 6.07) is 6.10. The molecule has 0 aliphatic carbocycles. The molecule has 1 aromatic carbocycles. The molecule has 0 unspecified atom stereocenters. The fraction of sp³-hybridized carbons (Fsp3) is 0.556. The van der Waals surface area contributed by atoms with E-state index in [1.165, 1.54) is 5.56 Å². The van der Waals surface area contributed by atoms with Crippen molar-refractivity contribution in [1.82, 2.24) is 10.2 Å². The van der Waals surface area contributed by atoms with Crippen molar-refractivity contribution < 1.29 is 14.3 Å². The van der Waals surface area contributed by atoms with Gasteiger partial charge in [0.05, 0.1) is 13.0 Å². The molecule has 1 heterocycles. The molecule has 0 atom stereocenters. The number of aryl methyl sites for hydroxylation is 1. The predicted molar refractivity (Wildman–Crippen MR) is 89.4 cm³/mol. The van der Waals surface area contributed by atoms with Crippen LogP contribution in [0, 0.1) is 13.8 Å². The van der Waals surface area contributed by atoms with Crippen molar-refractivity contribution in [2.45, 2.75) is 46.1 Å². The van der Waals surface area contributed by atoms with Gasteiger partial charge in [-0.1, -0.05) is 12.1 Å². The molecular weight excluding hydrogens is 292 g/mol. The Morgan fingerprint density at radius 1 is 1.26 bits per heavy atom. The lowest BCUT2D eigenvalue weighted by Crippen LogP contribution is -2.46. The second-order valence-corrected chi connectivity index (χ2v) is 6.14. The molecule has 2 rings (SSSR count). The monoisotopic (exact) mass is 318 g/mol. The van der Waals surface area contributed by atoms with Crippen LogP contribution in [-0.2, 0) is 9.59 Å². The van der Waals surface area contributed by atoms with E-state index >= 15 is 0 Å². The van der Waals surface area contributed by atoms with E-state index in [0.29, 0.717) is 13.0 Å². The summed E-state index contributed by atoms with van der Waals surface area (Å²) in [6.45, 7) is 7.47. The minimum absolute atomic E-state index is 0.0107. The zero-order valence-corrected chi connectivity index (χ0v) is 14.2. The first-order chi connectivity index (χ1) is 11.0. The normalized spacial score (nSPS) is 15.3. The van der Waals surface area contributed by atoms with Crippen LogP contribution < -0.4 is 10.1 Å². The minimum Gasteiger partial charge on any atom is -0.493 e. The number of likely N-dealkylation sites (tertiary alicyclic amines) is 1. The van der Waals surface area contributed by atoms with Crippen molar-refractivity contribution in [3.05, 3.63) is 29.3 Å². The molecule has 1 aromatic rings. The van der Waals surface area contributed by atoms with Gasteiger partial charge in [0.15, 0.2) is 0 Å². The van der Waals surface area contributed by atoms with E-state index in [1.54, 1.807) is 6.92 Å². The lowest BCUT2D eigenvalue weighted by atomic mass is 10.0. The van der Waals surface area contributed by atoms with Crippen molar-refractivity contribution in [1.29, 1.82) is 0 Å². The van der Waals surface area contributed by atoms with Gasteiger partial charge in [-0.05, 0) is 43.9 Å². The molecule has 5 heteroatoms. The number of rotatable bonds is 5. The van der Waals surface area contributed by atoms with Gasteiger partial charge in [-0.25, -0.2) is 0 Å². The van der Waals surface area contributed by atoms with Gasteiger partial charge in [-0.3, -0.25) is 9.59 Å². The first kappa shape index (κ1) is 17.3. The third-order valence-corrected chi connectivity index (χ3v) is 4.45. The van der Waals surface area contributed by atoms with Gasteiger partial charge >= 0.3 is 0 Å². The SMILES string of the molecule is CC(=O)N1CCC(NC(=O)CCOc2cccc(C)c2C)CC1. The number of carbonyl (C=O) groups is 2. The quantitative estimate of drug-likeness (QED) is 0.905. The van der Waals surface area contributed by atoms with Crippen molar-refractivity contribution in [2.75, 3.05) is 19.7 Å². The summed E-state index contributed by atoms with van der Waals surface area (Å²) in [4.78, 5) is 25.1. The van der Waals surface area contributed by atoms with Crippen LogP contribution in [0.15, 0.2) is 18.2 Å². The molecule has 1 aliphatic rings. The summed E-state index contributed by atoms with van der Waals surface area (Å²) in [5.41, 5.74) is 2.30. The summed E-state index contributed by atoms with van der Waals surface area (Å²) in [5.74, 6) is 0.959. The van der Waals surface area contributed by atoms with E-state index < -0.39 is 0 Å². The second-order valence-electron chi connectivity index (χ2n) is 6.14. The summed E-state index contributed by atoms with van der Waals surface area (Å²) in [6.07, 6.45) is 1.99. The van der Waals surface area contributed by atoms with E-state index in [9.17, 15) is 9.59 Å². The molecule has 1 N–H and O–H groups in total. The van der Waals surface area contributed by atoms with Crippen LogP contribution in [0.2, 0.25) is 0 Å². The molecule has 5 nitrogen and oxygen atoms in total. The van der Waals surface area contributed by atoms with E-state index in [-0.39, 0.29) is 17.9 Å². The van der Waals surface area contributed by atoms with Crippen molar-refractivity contribution >= 4 is 11.8 Å². The second kappa shape index (κ2) is 7.99. The largest absolute Gasteiger partial charge is 0.493 e. The molecule has 126 valence electrons. The highest BCUT2D eigenvalue weighted by atomic mass is 16.5. The molecule has 1 aliphatic heterocycles. The third-order valence-electron chi connectivity index (χ3n) is 4.45. The highest BCUT2D eigenvalue weighted by molar-refractivity contribution is 5.76. The fourth-order valence-electron chi connectivity index (χ4n) is 2.77. The number of amides is 2. The van der Waals surface area contributed by atoms with Gasteiger partial charge in [0.1, 0.15) is 5.75 Å². The van der Waals surface area contributed by atoms with Crippen molar-refractivity contribution in [2.24, 2.45) is 0 Å². The lowest BCUT2D eigenvalue weighted by Gasteiger charge is -2.31. The number of nitrogens with one attached hydrogen (secondary N) is 1. The number of nitrogens with zero attached hydrogens (tertiary/aromatic N) is 1. The zero-order chi connectivity index (χ0) is 16.8. The third kappa shape index (κ3) is 4.98. The molecule has 1 saturated heterocycles. The van der Waals surface area contributed by atoms with Gasteiger partial charge in [0.2, 0.25) is 11.8 Å². The maximum absolute atomic E-state index is 12.0. The van der Waals surface area contributed by atoms with Gasteiger partial charge in [-0.2, -0.15) is 0 Å². The highest BCUT2D eigenvalue weighted by Crippen LogP contribution is 2.20. The average Bonchev–Trinajstić information content (AvgIpc) is 2.52. The van der Waals surface area contributed by atoms with E-state index in [0.717, 1.165) is 37.2 Å². The Balaban J connectivity index is 1.70. The Bertz CT molecular complexity index is 563. The predicted octanol–water partition coefficient (Wildman–Crippen LogP) is 2.20. The Hall–Kier alpha value is -2.04. The molecule has 0 saturated carbocycles. The van der Waals surface area contributed by atoms with Crippen LogP contribution in [0.25, 0.3) is 0 Å². The average molecular weight is 318 g/mol. The Morgan fingerprint density at radius 2 is 1.96 bits per heavy atom. The molecule has 0 spiro atoms. The molecule has 1 fully saturated rings. The van der Waals surface area contributed by atoms with Crippen molar-refractivity contribution in [3.8, 4) is 5.75 Å². The summed E-state index contributed by atoms with van der Waals surface area (Å²) in [5, 5.41) is 3.03. The summed E-state index contributed by atoms with van der Waals surface area (Å²) >= 11 is 0. The first-order valence-corrected chi connectivity index (χ1v) is 8.21. The van der Waals surface area contributed by atoms with Gasteiger partial charge in [0, 0.05) is 26.1 Å². The first-order valence-electron chi connectivity index (χ1n) is 8.21. The maximum Gasteiger partial charge on any atom is 0.223 e. The number of hydrogen-bond acceptors (Lipinski definition) is 3. The standard InChI is InChI=1S/C18H26N2O3/c1-13-5-4-6-17(14(13)2)23-12-9-18(22)19-16-7-10-20(11-8-16)15(3)21/h4-6,16H,7-12H2,1-3H3,(H,19,22). The fourth-order valence-corrected chi connectivity index (χ4v) is 2.77. The molecule has 2 amide bonds. The minimum atomic E-state index is 0.0107.